The van der Waals surface area contributed by atoms with Gasteiger partial charge in [0.15, 0.2) is 0 Å². The Balaban J connectivity index is 2.74. The van der Waals surface area contributed by atoms with Crippen LogP contribution in [0.2, 0.25) is 0 Å². The van der Waals surface area contributed by atoms with Crippen molar-refractivity contribution in [2.45, 2.75) is 20.3 Å². The Morgan fingerprint density at radius 1 is 1.21 bits per heavy atom. The lowest BCUT2D eigenvalue weighted by Crippen LogP contribution is -2.30. The molecule has 0 aromatic heterocycles. The molecule has 3 nitrogen and oxygen atoms in total. The van der Waals surface area contributed by atoms with Gasteiger partial charge in [0.1, 0.15) is 5.75 Å². The van der Waals surface area contributed by atoms with E-state index < -0.39 is 0 Å². The summed E-state index contributed by atoms with van der Waals surface area (Å²) in [6.07, 6.45) is 1.02. The zero-order valence-corrected chi connectivity index (χ0v) is 12.6. The van der Waals surface area contributed by atoms with Crippen molar-refractivity contribution in [3.8, 4) is 5.75 Å². The Kier molecular flexibility index (Phi) is 7.53. The van der Waals surface area contributed by atoms with Gasteiger partial charge >= 0.3 is 0 Å². The Bertz CT molecular complexity index is 354. The Morgan fingerprint density at radius 2 is 1.95 bits per heavy atom. The molecule has 0 aliphatic heterocycles. The third-order valence-corrected chi connectivity index (χ3v) is 3.57. The van der Waals surface area contributed by atoms with Crippen LogP contribution in [-0.2, 0) is 11.2 Å². The average molecular weight is 265 g/mol. The van der Waals surface area contributed by atoms with Crippen LogP contribution in [0.25, 0.3) is 0 Å². The van der Waals surface area contributed by atoms with Crippen molar-refractivity contribution in [1.82, 2.24) is 5.32 Å². The summed E-state index contributed by atoms with van der Waals surface area (Å²) in [6.45, 7) is 7.20. The van der Waals surface area contributed by atoms with Crippen molar-refractivity contribution in [3.63, 3.8) is 0 Å². The SMILES string of the molecule is CCNCC(Cc1ccccc1OC)C(C)COC. The van der Waals surface area contributed by atoms with E-state index in [4.69, 9.17) is 9.47 Å². The number of benzene rings is 1. The Labute approximate surface area is 117 Å². The van der Waals surface area contributed by atoms with Crippen molar-refractivity contribution in [3.05, 3.63) is 29.8 Å². The van der Waals surface area contributed by atoms with E-state index in [-0.39, 0.29) is 0 Å². The van der Waals surface area contributed by atoms with Gasteiger partial charge < -0.3 is 14.8 Å². The van der Waals surface area contributed by atoms with Crippen LogP contribution in [-0.4, -0.2) is 33.9 Å². The van der Waals surface area contributed by atoms with Gasteiger partial charge in [0.05, 0.1) is 7.11 Å². The van der Waals surface area contributed by atoms with Crippen LogP contribution in [0, 0.1) is 11.8 Å². The zero-order valence-electron chi connectivity index (χ0n) is 12.6. The van der Waals surface area contributed by atoms with Gasteiger partial charge in [-0.1, -0.05) is 32.0 Å². The zero-order chi connectivity index (χ0) is 14.1. The fourth-order valence-electron chi connectivity index (χ4n) is 2.36. The first-order valence-electron chi connectivity index (χ1n) is 7.04. The quantitative estimate of drug-likeness (QED) is 0.745. The van der Waals surface area contributed by atoms with Crippen LogP contribution >= 0.6 is 0 Å². The number of hydrogen-bond donors (Lipinski definition) is 1. The molecule has 1 N–H and O–H groups in total. The second kappa shape index (κ2) is 8.94. The third-order valence-electron chi connectivity index (χ3n) is 3.57. The molecule has 1 aromatic rings. The lowest BCUT2D eigenvalue weighted by Gasteiger charge is -2.24. The second-order valence-corrected chi connectivity index (χ2v) is 5.02. The van der Waals surface area contributed by atoms with Gasteiger partial charge in [-0.25, -0.2) is 0 Å². The molecule has 2 unspecified atom stereocenters. The molecule has 0 saturated heterocycles. The van der Waals surface area contributed by atoms with Crippen LogP contribution in [0.4, 0.5) is 0 Å². The van der Waals surface area contributed by atoms with Crippen molar-refractivity contribution in [1.29, 1.82) is 0 Å². The van der Waals surface area contributed by atoms with Crippen molar-refractivity contribution in [2.24, 2.45) is 11.8 Å². The molecule has 0 aliphatic rings. The smallest absolute Gasteiger partial charge is 0.122 e. The predicted molar refractivity (Wildman–Crippen MR) is 79.8 cm³/mol. The lowest BCUT2D eigenvalue weighted by molar-refractivity contribution is 0.128. The highest BCUT2D eigenvalue weighted by Gasteiger charge is 2.19. The number of nitrogens with one attached hydrogen (secondary N) is 1. The average Bonchev–Trinajstić information content (AvgIpc) is 2.44. The third kappa shape index (κ3) is 5.21. The largest absolute Gasteiger partial charge is 0.496 e. The standard InChI is InChI=1S/C16H27NO2/c1-5-17-11-15(13(2)12-18-3)10-14-8-6-7-9-16(14)19-4/h6-9,13,15,17H,5,10-12H2,1-4H3. The predicted octanol–water partition coefficient (Wildman–Crippen LogP) is 2.75. The van der Waals surface area contributed by atoms with E-state index in [0.717, 1.165) is 31.9 Å². The maximum absolute atomic E-state index is 5.44. The molecule has 108 valence electrons. The number of rotatable bonds is 9. The lowest BCUT2D eigenvalue weighted by atomic mass is 9.88. The minimum atomic E-state index is 0.522. The molecule has 0 bridgehead atoms. The molecule has 0 aliphatic carbocycles. The van der Waals surface area contributed by atoms with Gasteiger partial charge in [0.2, 0.25) is 0 Å². The molecule has 0 saturated carbocycles. The van der Waals surface area contributed by atoms with Gasteiger partial charge in [0, 0.05) is 13.7 Å². The molecule has 1 rings (SSSR count). The van der Waals surface area contributed by atoms with Gasteiger partial charge in [0.25, 0.3) is 0 Å². The summed E-state index contributed by atoms with van der Waals surface area (Å²) >= 11 is 0. The van der Waals surface area contributed by atoms with E-state index in [1.807, 2.05) is 12.1 Å². The topological polar surface area (TPSA) is 30.5 Å². The monoisotopic (exact) mass is 265 g/mol. The summed E-state index contributed by atoms with van der Waals surface area (Å²) < 4.78 is 10.7. The fraction of sp³-hybridized carbons (Fsp3) is 0.625. The van der Waals surface area contributed by atoms with E-state index in [1.165, 1.54) is 5.56 Å². The maximum Gasteiger partial charge on any atom is 0.122 e. The highest BCUT2D eigenvalue weighted by atomic mass is 16.5. The van der Waals surface area contributed by atoms with Crippen LogP contribution in [0.15, 0.2) is 24.3 Å². The molecule has 0 radical (unpaired) electrons. The van der Waals surface area contributed by atoms with Crippen molar-refractivity contribution >= 4 is 0 Å². The summed E-state index contributed by atoms with van der Waals surface area (Å²) in [4.78, 5) is 0. The molecule has 19 heavy (non-hydrogen) atoms. The minimum absolute atomic E-state index is 0.522. The molecule has 0 amide bonds. The van der Waals surface area contributed by atoms with Crippen LogP contribution in [0.1, 0.15) is 19.4 Å². The van der Waals surface area contributed by atoms with Crippen molar-refractivity contribution < 1.29 is 9.47 Å². The number of hydrogen-bond acceptors (Lipinski definition) is 3. The summed E-state index contributed by atoms with van der Waals surface area (Å²) in [5.41, 5.74) is 1.27. The molecule has 0 spiro atoms. The molecular formula is C16H27NO2. The van der Waals surface area contributed by atoms with Crippen molar-refractivity contribution in [2.75, 3.05) is 33.9 Å². The normalized spacial score (nSPS) is 14.1. The van der Waals surface area contributed by atoms with E-state index in [0.29, 0.717) is 11.8 Å². The van der Waals surface area contributed by atoms with E-state index in [2.05, 4.69) is 31.3 Å². The number of methoxy groups -OCH3 is 2. The summed E-state index contributed by atoms with van der Waals surface area (Å²) in [6, 6.07) is 8.27. The highest BCUT2D eigenvalue weighted by molar-refractivity contribution is 5.33. The molecule has 3 heteroatoms. The Hall–Kier alpha value is -1.06. The van der Waals surface area contributed by atoms with Gasteiger partial charge in [-0.05, 0) is 43.0 Å². The van der Waals surface area contributed by atoms with Gasteiger partial charge in [-0.2, -0.15) is 0 Å². The summed E-state index contributed by atoms with van der Waals surface area (Å²) in [5, 5.41) is 3.45. The van der Waals surface area contributed by atoms with E-state index in [9.17, 15) is 0 Å². The first kappa shape index (κ1) is 16.0. The first-order valence-corrected chi connectivity index (χ1v) is 7.04. The molecule has 2 atom stereocenters. The summed E-state index contributed by atoms with van der Waals surface area (Å²) in [7, 11) is 3.50. The van der Waals surface area contributed by atoms with E-state index in [1.54, 1.807) is 14.2 Å². The van der Waals surface area contributed by atoms with Crippen LogP contribution in [0.5, 0.6) is 5.75 Å². The molecule has 0 fully saturated rings. The second-order valence-electron chi connectivity index (χ2n) is 5.02. The van der Waals surface area contributed by atoms with Gasteiger partial charge in [-0.3, -0.25) is 0 Å². The molecule has 0 heterocycles. The first-order chi connectivity index (χ1) is 9.22. The van der Waals surface area contributed by atoms with Crippen LogP contribution in [0.3, 0.4) is 0 Å². The Morgan fingerprint density at radius 3 is 2.58 bits per heavy atom. The van der Waals surface area contributed by atoms with Gasteiger partial charge in [-0.15, -0.1) is 0 Å². The number of ether oxygens (including phenoxy) is 2. The highest BCUT2D eigenvalue weighted by Crippen LogP contribution is 2.24. The maximum atomic E-state index is 5.44. The van der Waals surface area contributed by atoms with Crippen LogP contribution < -0.4 is 10.1 Å². The molecular weight excluding hydrogens is 238 g/mol. The minimum Gasteiger partial charge on any atom is -0.496 e. The fourth-order valence-corrected chi connectivity index (χ4v) is 2.36. The number of para-hydroxylation sites is 1. The molecule has 1 aromatic carbocycles. The van der Waals surface area contributed by atoms with E-state index >= 15 is 0 Å². The summed E-state index contributed by atoms with van der Waals surface area (Å²) in [5.74, 6) is 2.05.